The Morgan fingerprint density at radius 1 is 1.60 bits per heavy atom. The summed E-state index contributed by atoms with van der Waals surface area (Å²) < 4.78 is 10.1. The van der Waals surface area contributed by atoms with E-state index in [1.54, 1.807) is 0 Å². The zero-order valence-corrected chi connectivity index (χ0v) is 10.1. The molecule has 1 unspecified atom stereocenters. The first-order chi connectivity index (χ1) is 6.90. The Hall–Kier alpha value is -0.610. The molecule has 0 radical (unpaired) electrons. The summed E-state index contributed by atoms with van der Waals surface area (Å²) in [6, 6.07) is 0. The van der Waals surface area contributed by atoms with E-state index < -0.39 is 5.41 Å². The van der Waals surface area contributed by atoms with Crippen molar-refractivity contribution in [3.8, 4) is 0 Å². The van der Waals surface area contributed by atoms with Crippen LogP contribution in [0.15, 0.2) is 0 Å². The molecule has 0 aromatic carbocycles. The molecule has 4 heteroatoms. The summed E-state index contributed by atoms with van der Waals surface area (Å²) in [5.74, 6) is -0.183. The first kappa shape index (κ1) is 12.5. The third-order valence-corrected chi connectivity index (χ3v) is 2.91. The predicted molar refractivity (Wildman–Crippen MR) is 57.6 cm³/mol. The lowest BCUT2D eigenvalue weighted by Gasteiger charge is -2.29. The molecule has 0 spiro atoms. The van der Waals surface area contributed by atoms with Crippen molar-refractivity contribution < 1.29 is 14.3 Å². The maximum atomic E-state index is 11.4. The van der Waals surface area contributed by atoms with Crippen LogP contribution in [0.1, 0.15) is 27.2 Å². The van der Waals surface area contributed by atoms with E-state index in [0.29, 0.717) is 13.2 Å². The van der Waals surface area contributed by atoms with Gasteiger partial charge in [-0.25, -0.2) is 0 Å². The predicted octanol–water partition coefficient (Wildman–Crippen LogP) is 0.954. The first-order valence-electron chi connectivity index (χ1n) is 5.31. The van der Waals surface area contributed by atoms with E-state index in [2.05, 4.69) is 12.2 Å². The number of carbonyl (C=O) groups excluding carboxylic acids is 1. The fourth-order valence-corrected chi connectivity index (χ4v) is 1.59. The van der Waals surface area contributed by atoms with E-state index in [1.807, 2.05) is 13.8 Å². The molecule has 0 bridgehead atoms. The van der Waals surface area contributed by atoms with Gasteiger partial charge in [-0.05, 0) is 27.2 Å². The van der Waals surface area contributed by atoms with Crippen LogP contribution in [0.2, 0.25) is 0 Å². The zero-order valence-electron chi connectivity index (χ0n) is 10.1. The van der Waals surface area contributed by atoms with E-state index in [-0.39, 0.29) is 11.5 Å². The third-order valence-electron chi connectivity index (χ3n) is 2.91. The molecule has 0 saturated carbocycles. The number of rotatable bonds is 4. The Labute approximate surface area is 91.3 Å². The quantitative estimate of drug-likeness (QED) is 0.709. The van der Waals surface area contributed by atoms with Crippen molar-refractivity contribution >= 4 is 5.97 Å². The largest absolute Gasteiger partial charge is 0.469 e. The Morgan fingerprint density at radius 3 is 2.73 bits per heavy atom. The second-order valence-corrected chi connectivity index (χ2v) is 5.09. The van der Waals surface area contributed by atoms with Gasteiger partial charge in [-0.3, -0.25) is 4.79 Å². The SMILES string of the molecule is COC(=O)C(C)(C)CNC1(C)CCOC1. The molecular weight excluding hydrogens is 194 g/mol. The van der Waals surface area contributed by atoms with Crippen molar-refractivity contribution in [2.24, 2.45) is 5.41 Å². The Morgan fingerprint density at radius 2 is 2.27 bits per heavy atom. The minimum atomic E-state index is -0.486. The van der Waals surface area contributed by atoms with Crippen LogP contribution < -0.4 is 5.32 Å². The summed E-state index contributed by atoms with van der Waals surface area (Å²) >= 11 is 0. The molecule has 1 aliphatic rings. The van der Waals surface area contributed by atoms with Crippen LogP contribution in [-0.2, 0) is 14.3 Å². The molecule has 88 valence electrons. The van der Waals surface area contributed by atoms with Crippen molar-refractivity contribution in [3.63, 3.8) is 0 Å². The molecule has 1 atom stereocenters. The van der Waals surface area contributed by atoms with Crippen molar-refractivity contribution in [1.82, 2.24) is 5.32 Å². The molecule has 1 N–H and O–H groups in total. The highest BCUT2D eigenvalue weighted by atomic mass is 16.5. The second-order valence-electron chi connectivity index (χ2n) is 5.09. The molecule has 1 rings (SSSR count). The lowest BCUT2D eigenvalue weighted by atomic mass is 9.91. The highest BCUT2D eigenvalue weighted by molar-refractivity contribution is 5.76. The maximum Gasteiger partial charge on any atom is 0.312 e. The number of ether oxygens (including phenoxy) is 2. The Bertz CT molecular complexity index is 232. The van der Waals surface area contributed by atoms with Crippen LogP contribution >= 0.6 is 0 Å². The van der Waals surface area contributed by atoms with E-state index in [0.717, 1.165) is 13.0 Å². The number of esters is 1. The van der Waals surface area contributed by atoms with Gasteiger partial charge in [-0.15, -0.1) is 0 Å². The summed E-state index contributed by atoms with van der Waals surface area (Å²) in [5.41, 5.74) is -0.481. The van der Waals surface area contributed by atoms with E-state index in [9.17, 15) is 4.79 Å². The summed E-state index contributed by atoms with van der Waals surface area (Å²) in [5, 5.41) is 3.39. The number of nitrogens with one attached hydrogen (secondary N) is 1. The lowest BCUT2D eigenvalue weighted by Crippen LogP contribution is -2.49. The number of carbonyl (C=O) groups is 1. The lowest BCUT2D eigenvalue weighted by molar-refractivity contribution is -0.150. The van der Waals surface area contributed by atoms with E-state index >= 15 is 0 Å². The monoisotopic (exact) mass is 215 g/mol. The average molecular weight is 215 g/mol. The first-order valence-corrected chi connectivity index (χ1v) is 5.31. The molecule has 15 heavy (non-hydrogen) atoms. The number of hydrogen-bond donors (Lipinski definition) is 1. The molecule has 0 amide bonds. The van der Waals surface area contributed by atoms with E-state index in [1.165, 1.54) is 7.11 Å². The van der Waals surface area contributed by atoms with Gasteiger partial charge in [-0.1, -0.05) is 0 Å². The van der Waals surface area contributed by atoms with Crippen LogP contribution in [-0.4, -0.2) is 38.4 Å². The molecule has 0 aliphatic carbocycles. The molecule has 0 aromatic heterocycles. The molecule has 1 saturated heterocycles. The fourth-order valence-electron chi connectivity index (χ4n) is 1.59. The van der Waals surface area contributed by atoms with Gasteiger partial charge in [0.2, 0.25) is 0 Å². The second kappa shape index (κ2) is 4.49. The topological polar surface area (TPSA) is 47.6 Å². The smallest absolute Gasteiger partial charge is 0.312 e. The summed E-state index contributed by atoms with van der Waals surface area (Å²) in [6.45, 7) is 8.00. The number of methoxy groups -OCH3 is 1. The van der Waals surface area contributed by atoms with Gasteiger partial charge in [0.15, 0.2) is 0 Å². The summed E-state index contributed by atoms with van der Waals surface area (Å²) in [6.07, 6.45) is 0.990. The zero-order chi connectivity index (χ0) is 11.5. The highest BCUT2D eigenvalue weighted by Gasteiger charge is 2.34. The van der Waals surface area contributed by atoms with Crippen LogP contribution in [0, 0.1) is 5.41 Å². The van der Waals surface area contributed by atoms with Crippen molar-refractivity contribution in [3.05, 3.63) is 0 Å². The van der Waals surface area contributed by atoms with Gasteiger partial charge in [0.1, 0.15) is 0 Å². The van der Waals surface area contributed by atoms with Crippen LogP contribution in [0.5, 0.6) is 0 Å². The molecule has 1 heterocycles. The minimum absolute atomic E-state index is 0.00525. The molecular formula is C11H21NO3. The highest BCUT2D eigenvalue weighted by Crippen LogP contribution is 2.21. The Kier molecular flexibility index (Phi) is 3.73. The Balaban J connectivity index is 2.44. The fraction of sp³-hybridized carbons (Fsp3) is 0.909. The van der Waals surface area contributed by atoms with Gasteiger partial charge < -0.3 is 14.8 Å². The van der Waals surface area contributed by atoms with Gasteiger partial charge >= 0.3 is 5.97 Å². The van der Waals surface area contributed by atoms with Crippen LogP contribution in [0.3, 0.4) is 0 Å². The van der Waals surface area contributed by atoms with Gasteiger partial charge in [0.25, 0.3) is 0 Å². The summed E-state index contributed by atoms with van der Waals surface area (Å²) in [4.78, 5) is 11.4. The molecule has 0 aromatic rings. The van der Waals surface area contributed by atoms with Crippen LogP contribution in [0.4, 0.5) is 0 Å². The van der Waals surface area contributed by atoms with Gasteiger partial charge in [-0.2, -0.15) is 0 Å². The summed E-state index contributed by atoms with van der Waals surface area (Å²) in [7, 11) is 1.42. The molecule has 1 aliphatic heterocycles. The maximum absolute atomic E-state index is 11.4. The van der Waals surface area contributed by atoms with Crippen molar-refractivity contribution in [2.75, 3.05) is 26.9 Å². The minimum Gasteiger partial charge on any atom is -0.469 e. The standard InChI is InChI=1S/C11H21NO3/c1-10(2,9(13)14-4)7-12-11(3)5-6-15-8-11/h12H,5-8H2,1-4H3. The average Bonchev–Trinajstić information content (AvgIpc) is 2.62. The molecule has 4 nitrogen and oxygen atoms in total. The van der Waals surface area contributed by atoms with Gasteiger partial charge in [0, 0.05) is 18.7 Å². The van der Waals surface area contributed by atoms with E-state index in [4.69, 9.17) is 9.47 Å². The van der Waals surface area contributed by atoms with Crippen LogP contribution in [0.25, 0.3) is 0 Å². The van der Waals surface area contributed by atoms with Gasteiger partial charge in [0.05, 0.1) is 19.1 Å². The number of hydrogen-bond acceptors (Lipinski definition) is 4. The third kappa shape index (κ3) is 3.18. The normalized spacial score (nSPS) is 26.7. The molecule has 1 fully saturated rings. The van der Waals surface area contributed by atoms with Crippen molar-refractivity contribution in [2.45, 2.75) is 32.7 Å². The van der Waals surface area contributed by atoms with Crippen molar-refractivity contribution in [1.29, 1.82) is 0 Å².